The van der Waals surface area contributed by atoms with Crippen LogP contribution in [0.4, 0.5) is 0 Å². The van der Waals surface area contributed by atoms with Crippen molar-refractivity contribution in [3.05, 3.63) is 35.4 Å². The van der Waals surface area contributed by atoms with E-state index in [9.17, 15) is 0 Å². The van der Waals surface area contributed by atoms with Crippen LogP contribution in [0.25, 0.3) is 0 Å². The molecule has 1 aromatic carbocycles. The zero-order valence-corrected chi connectivity index (χ0v) is 11.6. The van der Waals surface area contributed by atoms with Gasteiger partial charge in [-0.05, 0) is 26.7 Å². The molecule has 0 radical (unpaired) electrons. The Hall–Kier alpha value is 0.260. The summed E-state index contributed by atoms with van der Waals surface area (Å²) in [5.74, 6) is 0. The normalized spacial score (nSPS) is 10.9. The van der Waals surface area contributed by atoms with E-state index in [2.05, 4.69) is 63.6 Å². The van der Waals surface area contributed by atoms with E-state index in [1.54, 1.807) is 9.12 Å². The maximum atomic E-state index is 2.36. The standard InChI is InChI=1S/C11H16INS/c1-3-10-7-5-6-8-11(10)9-13(4-2)14-12/h5-8H,3-4,9H2,1-2H3. The number of aryl methyl sites for hydroxylation is 1. The molecule has 0 amide bonds. The number of hydrogen-bond acceptors (Lipinski definition) is 2. The highest BCUT2D eigenvalue weighted by Gasteiger charge is 2.05. The SMILES string of the molecule is CCc1ccccc1CN(CC)SI. The fourth-order valence-corrected chi connectivity index (χ4v) is 2.97. The van der Waals surface area contributed by atoms with Crippen LogP contribution in [0.3, 0.4) is 0 Å². The largest absolute Gasteiger partial charge is 0.238 e. The van der Waals surface area contributed by atoms with Crippen molar-refractivity contribution < 1.29 is 0 Å². The van der Waals surface area contributed by atoms with Gasteiger partial charge in [0.2, 0.25) is 0 Å². The topological polar surface area (TPSA) is 3.24 Å². The first-order valence-corrected chi connectivity index (χ1v) is 8.23. The maximum Gasteiger partial charge on any atom is 0.0350 e. The zero-order chi connectivity index (χ0) is 10.4. The second-order valence-electron chi connectivity index (χ2n) is 3.15. The third-order valence-corrected chi connectivity index (χ3v) is 4.55. The van der Waals surface area contributed by atoms with Gasteiger partial charge >= 0.3 is 0 Å². The molecule has 0 unspecified atom stereocenters. The summed E-state index contributed by atoms with van der Waals surface area (Å²) in [7, 11) is 1.79. The lowest BCUT2D eigenvalue weighted by molar-refractivity contribution is 0.496. The van der Waals surface area contributed by atoms with Crippen molar-refractivity contribution in [3.8, 4) is 0 Å². The van der Waals surface area contributed by atoms with Gasteiger partial charge in [-0.25, -0.2) is 4.31 Å². The monoisotopic (exact) mass is 321 g/mol. The summed E-state index contributed by atoms with van der Waals surface area (Å²) in [6.07, 6.45) is 1.12. The summed E-state index contributed by atoms with van der Waals surface area (Å²) < 4.78 is 2.36. The lowest BCUT2D eigenvalue weighted by Crippen LogP contribution is -2.13. The van der Waals surface area contributed by atoms with Crippen molar-refractivity contribution in [3.63, 3.8) is 0 Å². The average molecular weight is 321 g/mol. The van der Waals surface area contributed by atoms with Gasteiger partial charge in [0.15, 0.2) is 0 Å². The number of benzene rings is 1. The lowest BCUT2D eigenvalue weighted by atomic mass is 10.1. The van der Waals surface area contributed by atoms with Crippen LogP contribution in [-0.4, -0.2) is 10.8 Å². The average Bonchev–Trinajstić information content (AvgIpc) is 2.26. The minimum atomic E-state index is 1.05. The van der Waals surface area contributed by atoms with E-state index >= 15 is 0 Å². The number of nitrogens with zero attached hydrogens (tertiary/aromatic N) is 1. The van der Waals surface area contributed by atoms with E-state index in [-0.39, 0.29) is 0 Å². The Kier molecular flexibility index (Phi) is 5.89. The van der Waals surface area contributed by atoms with Crippen molar-refractivity contribution in [1.29, 1.82) is 0 Å². The van der Waals surface area contributed by atoms with E-state index in [1.165, 1.54) is 11.1 Å². The van der Waals surface area contributed by atoms with Crippen LogP contribution in [0.1, 0.15) is 25.0 Å². The molecule has 1 nitrogen and oxygen atoms in total. The van der Waals surface area contributed by atoms with Gasteiger partial charge in [-0.15, -0.1) is 0 Å². The van der Waals surface area contributed by atoms with Crippen molar-refractivity contribution in [2.24, 2.45) is 0 Å². The van der Waals surface area contributed by atoms with Gasteiger partial charge in [-0.1, -0.05) is 38.1 Å². The molecule has 0 N–H and O–H groups in total. The Balaban J connectivity index is 2.74. The quantitative estimate of drug-likeness (QED) is 0.594. The van der Waals surface area contributed by atoms with Gasteiger partial charge in [0, 0.05) is 34.3 Å². The fraction of sp³-hybridized carbons (Fsp3) is 0.455. The predicted molar refractivity (Wildman–Crippen MR) is 73.5 cm³/mol. The highest BCUT2D eigenvalue weighted by molar-refractivity contribution is 14.2. The Labute approximate surface area is 103 Å². The number of halogens is 1. The van der Waals surface area contributed by atoms with Gasteiger partial charge in [-0.3, -0.25) is 0 Å². The molecule has 3 heteroatoms. The zero-order valence-electron chi connectivity index (χ0n) is 8.66. The summed E-state index contributed by atoms with van der Waals surface area (Å²) >= 11 is 2.34. The summed E-state index contributed by atoms with van der Waals surface area (Å²) in [5.41, 5.74) is 2.93. The van der Waals surface area contributed by atoms with E-state index in [1.807, 2.05) is 0 Å². The van der Waals surface area contributed by atoms with Gasteiger partial charge < -0.3 is 0 Å². The molecule has 1 aromatic rings. The minimum Gasteiger partial charge on any atom is -0.238 e. The van der Waals surface area contributed by atoms with Crippen LogP contribution in [0, 0.1) is 0 Å². The first-order valence-electron chi connectivity index (χ1n) is 4.92. The first kappa shape index (κ1) is 12.3. The first-order chi connectivity index (χ1) is 6.81. The molecule has 0 aliphatic rings. The summed E-state index contributed by atoms with van der Waals surface area (Å²) in [6.45, 7) is 6.55. The molecule has 0 aliphatic carbocycles. The highest BCUT2D eigenvalue weighted by atomic mass is 127. The molecule has 0 spiro atoms. The number of rotatable bonds is 5. The Morgan fingerprint density at radius 1 is 1.21 bits per heavy atom. The molecule has 0 aromatic heterocycles. The molecular formula is C11H16INS. The molecule has 0 atom stereocenters. The van der Waals surface area contributed by atoms with Gasteiger partial charge in [0.05, 0.1) is 0 Å². The van der Waals surface area contributed by atoms with Gasteiger partial charge in [0.1, 0.15) is 0 Å². The Morgan fingerprint density at radius 3 is 2.36 bits per heavy atom. The van der Waals surface area contributed by atoms with Crippen molar-refractivity contribution >= 4 is 30.3 Å². The molecule has 0 aliphatic heterocycles. The lowest BCUT2D eigenvalue weighted by Gasteiger charge is -2.17. The fourth-order valence-electron chi connectivity index (χ4n) is 1.43. The summed E-state index contributed by atoms with van der Waals surface area (Å²) in [6, 6.07) is 8.70. The van der Waals surface area contributed by atoms with E-state index in [4.69, 9.17) is 0 Å². The Bertz CT molecular complexity index is 274. The highest BCUT2D eigenvalue weighted by Crippen LogP contribution is 2.22. The molecule has 0 bridgehead atoms. The third-order valence-electron chi connectivity index (χ3n) is 2.30. The van der Waals surface area contributed by atoms with Gasteiger partial charge in [0.25, 0.3) is 0 Å². The third kappa shape index (κ3) is 3.44. The maximum absolute atomic E-state index is 2.36. The van der Waals surface area contributed by atoms with Crippen molar-refractivity contribution in [2.45, 2.75) is 26.8 Å². The van der Waals surface area contributed by atoms with Crippen LogP contribution in [0.15, 0.2) is 24.3 Å². The summed E-state index contributed by atoms with van der Waals surface area (Å²) in [5, 5.41) is 0. The molecule has 0 saturated heterocycles. The molecule has 14 heavy (non-hydrogen) atoms. The van der Waals surface area contributed by atoms with Gasteiger partial charge in [-0.2, -0.15) is 0 Å². The van der Waals surface area contributed by atoms with Crippen molar-refractivity contribution in [1.82, 2.24) is 4.31 Å². The van der Waals surface area contributed by atoms with Crippen LogP contribution in [-0.2, 0) is 13.0 Å². The van der Waals surface area contributed by atoms with Crippen LogP contribution >= 0.6 is 30.3 Å². The predicted octanol–water partition coefficient (Wildman–Crippen LogP) is 4.07. The summed E-state index contributed by atoms with van der Waals surface area (Å²) in [4.78, 5) is 0. The molecule has 0 heterocycles. The number of hydrogen-bond donors (Lipinski definition) is 0. The van der Waals surface area contributed by atoms with Crippen molar-refractivity contribution in [2.75, 3.05) is 6.54 Å². The van der Waals surface area contributed by atoms with Crippen LogP contribution < -0.4 is 0 Å². The van der Waals surface area contributed by atoms with Crippen LogP contribution in [0.5, 0.6) is 0 Å². The molecule has 78 valence electrons. The van der Waals surface area contributed by atoms with Crippen LogP contribution in [0.2, 0.25) is 0 Å². The van der Waals surface area contributed by atoms with E-state index < -0.39 is 0 Å². The minimum absolute atomic E-state index is 1.05. The molecule has 0 saturated carbocycles. The second kappa shape index (κ2) is 6.69. The van der Waals surface area contributed by atoms with E-state index in [0.717, 1.165) is 19.5 Å². The van der Waals surface area contributed by atoms with E-state index in [0.29, 0.717) is 0 Å². The smallest absolute Gasteiger partial charge is 0.0350 e. The second-order valence-corrected chi connectivity index (χ2v) is 4.98. The molecule has 1 rings (SSSR count). The molecule has 0 fully saturated rings. The Morgan fingerprint density at radius 2 is 1.86 bits per heavy atom. The molecular weight excluding hydrogens is 305 g/mol.